The number of hydrogen-bond acceptors (Lipinski definition) is 7. The number of nitro benzene ring substituents is 1. The number of urea groups is 1. The molecule has 5 amide bonds. The van der Waals surface area contributed by atoms with Gasteiger partial charge in [-0.2, -0.15) is 0 Å². The number of rotatable bonds is 1. The monoisotopic (exact) mass is 415 g/mol. The molecule has 1 aromatic carbocycles. The molecule has 0 saturated carbocycles. The standard InChI is InChI=1S/C19H21N5O6/c1-11(25)22-6-7-23-14-5-4-13(24(29)30)8-12(14)9-19(15(23)10-22)16(26)20(2)18(28)21(3)17(19)27/h4-5,8,15H,6-7,9-10H2,1-3H3/t15-/m0/s1. The van der Waals surface area contributed by atoms with E-state index in [0.29, 0.717) is 24.3 Å². The van der Waals surface area contributed by atoms with E-state index in [2.05, 4.69) is 0 Å². The van der Waals surface area contributed by atoms with E-state index in [4.69, 9.17) is 0 Å². The van der Waals surface area contributed by atoms with Crippen molar-refractivity contribution in [3.63, 3.8) is 0 Å². The van der Waals surface area contributed by atoms with Gasteiger partial charge >= 0.3 is 6.03 Å². The van der Waals surface area contributed by atoms with Gasteiger partial charge in [-0.25, -0.2) is 4.79 Å². The van der Waals surface area contributed by atoms with Crippen molar-refractivity contribution in [2.75, 3.05) is 38.6 Å². The average molecular weight is 415 g/mol. The van der Waals surface area contributed by atoms with E-state index in [1.54, 1.807) is 11.0 Å². The second kappa shape index (κ2) is 6.51. The van der Waals surface area contributed by atoms with E-state index in [-0.39, 0.29) is 24.6 Å². The van der Waals surface area contributed by atoms with Crippen molar-refractivity contribution >= 4 is 35.1 Å². The number of anilines is 1. The van der Waals surface area contributed by atoms with Crippen molar-refractivity contribution < 1.29 is 24.1 Å². The number of barbiturate groups is 1. The molecule has 0 radical (unpaired) electrons. The molecule has 0 bridgehead atoms. The second-order valence-corrected chi connectivity index (χ2v) is 7.90. The predicted octanol–water partition coefficient (Wildman–Crippen LogP) is 0.225. The van der Waals surface area contributed by atoms with Crippen LogP contribution in [0.2, 0.25) is 0 Å². The molecule has 11 heteroatoms. The number of nitrogens with zero attached hydrogens (tertiary/aromatic N) is 5. The fourth-order valence-electron chi connectivity index (χ4n) is 4.83. The minimum Gasteiger partial charge on any atom is -0.363 e. The molecule has 3 aliphatic rings. The van der Waals surface area contributed by atoms with Crippen LogP contribution in [0.5, 0.6) is 0 Å². The van der Waals surface area contributed by atoms with Gasteiger partial charge in [-0.1, -0.05) is 0 Å². The predicted molar refractivity (Wildman–Crippen MR) is 104 cm³/mol. The van der Waals surface area contributed by atoms with Crippen molar-refractivity contribution in [2.24, 2.45) is 5.41 Å². The molecule has 4 rings (SSSR count). The summed E-state index contributed by atoms with van der Waals surface area (Å²) in [5.74, 6) is -1.49. The highest BCUT2D eigenvalue weighted by molar-refractivity contribution is 6.20. The number of nitro groups is 1. The van der Waals surface area contributed by atoms with Crippen LogP contribution in [0, 0.1) is 15.5 Å². The number of hydrogen-bond donors (Lipinski definition) is 0. The van der Waals surface area contributed by atoms with E-state index < -0.39 is 34.2 Å². The summed E-state index contributed by atoms with van der Waals surface area (Å²) in [5, 5.41) is 11.3. The van der Waals surface area contributed by atoms with Gasteiger partial charge in [-0.05, 0) is 11.6 Å². The van der Waals surface area contributed by atoms with Gasteiger partial charge in [0.1, 0.15) is 0 Å². The lowest BCUT2D eigenvalue weighted by Crippen LogP contribution is -2.74. The van der Waals surface area contributed by atoms with Crippen LogP contribution in [0.25, 0.3) is 0 Å². The van der Waals surface area contributed by atoms with Crippen molar-refractivity contribution in [2.45, 2.75) is 19.4 Å². The maximum atomic E-state index is 13.4. The van der Waals surface area contributed by atoms with Gasteiger partial charge in [-0.3, -0.25) is 34.3 Å². The number of carbonyl (C=O) groups is 4. The third-order valence-electron chi connectivity index (χ3n) is 6.39. The van der Waals surface area contributed by atoms with Gasteiger partial charge in [0.05, 0.1) is 11.0 Å². The number of amides is 5. The third kappa shape index (κ3) is 2.50. The number of fused-ring (bicyclic) bond motifs is 4. The number of non-ortho nitro benzene ring substituents is 1. The Morgan fingerprint density at radius 1 is 1.13 bits per heavy atom. The molecule has 3 aliphatic heterocycles. The van der Waals surface area contributed by atoms with Crippen molar-refractivity contribution in [1.29, 1.82) is 0 Å². The first kappa shape index (κ1) is 19.8. The quantitative estimate of drug-likeness (QED) is 0.365. The summed E-state index contributed by atoms with van der Waals surface area (Å²) in [7, 11) is 2.63. The maximum Gasteiger partial charge on any atom is 0.332 e. The molecule has 1 spiro atoms. The smallest absolute Gasteiger partial charge is 0.332 e. The summed E-state index contributed by atoms with van der Waals surface area (Å²) in [6, 6.07) is 2.96. The topological polar surface area (TPSA) is 124 Å². The molecular formula is C19H21N5O6. The lowest BCUT2D eigenvalue weighted by molar-refractivity contribution is -0.384. The summed E-state index contributed by atoms with van der Waals surface area (Å²) >= 11 is 0. The first-order chi connectivity index (χ1) is 14.1. The zero-order chi connectivity index (χ0) is 22.0. The van der Waals surface area contributed by atoms with E-state index in [1.807, 2.05) is 4.90 Å². The molecule has 158 valence electrons. The van der Waals surface area contributed by atoms with Crippen LogP contribution in [0.15, 0.2) is 18.2 Å². The second-order valence-electron chi connectivity index (χ2n) is 7.90. The molecule has 11 nitrogen and oxygen atoms in total. The van der Waals surface area contributed by atoms with Crippen LogP contribution in [0.3, 0.4) is 0 Å². The van der Waals surface area contributed by atoms with E-state index >= 15 is 0 Å². The van der Waals surface area contributed by atoms with Crippen LogP contribution in [-0.4, -0.2) is 83.1 Å². The Bertz CT molecular complexity index is 983. The molecule has 0 aromatic heterocycles. The minimum absolute atomic E-state index is 0.0868. The van der Waals surface area contributed by atoms with Gasteiger partial charge < -0.3 is 9.80 Å². The van der Waals surface area contributed by atoms with Crippen LogP contribution in [0.1, 0.15) is 12.5 Å². The maximum absolute atomic E-state index is 13.4. The van der Waals surface area contributed by atoms with E-state index in [1.165, 1.54) is 33.2 Å². The van der Waals surface area contributed by atoms with Crippen molar-refractivity contribution in [3.8, 4) is 0 Å². The molecule has 30 heavy (non-hydrogen) atoms. The van der Waals surface area contributed by atoms with E-state index in [0.717, 1.165) is 9.80 Å². The highest BCUT2D eigenvalue weighted by atomic mass is 16.6. The zero-order valence-electron chi connectivity index (χ0n) is 16.8. The molecular weight excluding hydrogens is 394 g/mol. The fraction of sp³-hybridized carbons (Fsp3) is 0.474. The lowest BCUT2D eigenvalue weighted by atomic mass is 9.67. The zero-order valence-corrected chi connectivity index (χ0v) is 16.8. The van der Waals surface area contributed by atoms with Gasteiger partial charge in [0.2, 0.25) is 17.7 Å². The molecule has 1 aromatic rings. The molecule has 2 fully saturated rings. The third-order valence-corrected chi connectivity index (χ3v) is 6.39. The molecule has 3 heterocycles. The van der Waals surface area contributed by atoms with Gasteiger partial charge in [0.15, 0.2) is 5.41 Å². The largest absolute Gasteiger partial charge is 0.363 e. The minimum atomic E-state index is -1.66. The Balaban J connectivity index is 1.92. The summed E-state index contributed by atoms with van der Waals surface area (Å²) in [6.45, 7) is 2.32. The lowest BCUT2D eigenvalue weighted by Gasteiger charge is -2.56. The molecule has 0 N–H and O–H groups in total. The van der Waals surface area contributed by atoms with Crippen LogP contribution in [-0.2, 0) is 20.8 Å². The number of imide groups is 2. The normalized spacial score (nSPS) is 22.9. The van der Waals surface area contributed by atoms with Crippen molar-refractivity contribution in [3.05, 3.63) is 33.9 Å². The van der Waals surface area contributed by atoms with Gasteiger partial charge in [0, 0.05) is 64.9 Å². The highest BCUT2D eigenvalue weighted by Gasteiger charge is 2.64. The van der Waals surface area contributed by atoms with Gasteiger partial charge in [-0.15, -0.1) is 0 Å². The number of piperazine rings is 1. The average Bonchev–Trinajstić information content (AvgIpc) is 2.73. The SMILES string of the molecule is CC(=O)N1CCN2c3ccc([N+](=O)[O-])cc3CC3(C(=O)N(C)C(=O)N(C)C3=O)[C@@H]2C1. The van der Waals surface area contributed by atoms with Crippen LogP contribution >= 0.6 is 0 Å². The molecule has 0 unspecified atom stereocenters. The number of carbonyl (C=O) groups excluding carboxylic acids is 4. The first-order valence-corrected chi connectivity index (χ1v) is 9.49. The van der Waals surface area contributed by atoms with Crippen LogP contribution < -0.4 is 4.90 Å². The summed E-state index contributed by atoms with van der Waals surface area (Å²) < 4.78 is 0. The summed E-state index contributed by atoms with van der Waals surface area (Å²) in [4.78, 5) is 67.2. The Labute approximate surface area is 171 Å². The Morgan fingerprint density at radius 2 is 1.77 bits per heavy atom. The van der Waals surface area contributed by atoms with Crippen molar-refractivity contribution in [1.82, 2.24) is 14.7 Å². The van der Waals surface area contributed by atoms with E-state index in [9.17, 15) is 29.3 Å². The Hall–Kier alpha value is -3.50. The molecule has 1 atom stereocenters. The first-order valence-electron chi connectivity index (χ1n) is 9.49. The number of benzene rings is 1. The Morgan fingerprint density at radius 3 is 2.33 bits per heavy atom. The Kier molecular flexibility index (Phi) is 4.29. The fourth-order valence-corrected chi connectivity index (χ4v) is 4.83. The van der Waals surface area contributed by atoms with Gasteiger partial charge in [0.25, 0.3) is 5.69 Å². The highest BCUT2D eigenvalue weighted by Crippen LogP contribution is 2.47. The summed E-state index contributed by atoms with van der Waals surface area (Å²) in [6.07, 6.45) is -0.0868. The summed E-state index contributed by atoms with van der Waals surface area (Å²) in [5.41, 5.74) is -0.608. The molecule has 2 saturated heterocycles. The van der Waals surface area contributed by atoms with Crippen LogP contribution in [0.4, 0.5) is 16.2 Å². The molecule has 0 aliphatic carbocycles.